The number of benzene rings is 1. The molecule has 104 valence electrons. The highest BCUT2D eigenvalue weighted by Crippen LogP contribution is 2.23. The summed E-state index contributed by atoms with van der Waals surface area (Å²) in [6.45, 7) is 0.216. The number of halogens is 1. The number of carbonyl (C=O) groups is 2. The number of methoxy groups -OCH3 is 1. The minimum Gasteiger partial charge on any atom is -0.506 e. The summed E-state index contributed by atoms with van der Waals surface area (Å²) in [7, 11) is 1.44. The van der Waals surface area contributed by atoms with Crippen molar-refractivity contribution < 1.29 is 24.5 Å². The molecule has 1 rings (SSSR count). The van der Waals surface area contributed by atoms with E-state index in [1.165, 1.54) is 25.3 Å². The van der Waals surface area contributed by atoms with E-state index in [0.717, 1.165) is 0 Å². The molecule has 1 aromatic carbocycles. The number of carboxylic acids is 1. The Hall–Kier alpha value is -1.79. The largest absolute Gasteiger partial charge is 0.506 e. The van der Waals surface area contributed by atoms with Gasteiger partial charge in [-0.3, -0.25) is 4.79 Å². The number of aromatic hydroxyl groups is 1. The molecular weight excluding hydrogens is 274 g/mol. The molecule has 0 aliphatic heterocycles. The Bertz CT molecular complexity index is 477. The first-order valence-electron chi connectivity index (χ1n) is 5.46. The summed E-state index contributed by atoms with van der Waals surface area (Å²) in [5.74, 6) is -1.87. The quantitative estimate of drug-likeness (QED) is 0.732. The van der Waals surface area contributed by atoms with Crippen LogP contribution < -0.4 is 5.32 Å². The highest BCUT2D eigenvalue weighted by Gasteiger charge is 2.20. The molecule has 19 heavy (non-hydrogen) atoms. The van der Waals surface area contributed by atoms with Gasteiger partial charge >= 0.3 is 5.97 Å². The van der Waals surface area contributed by atoms with Gasteiger partial charge in [-0.15, -0.1) is 0 Å². The Kier molecular flexibility index (Phi) is 5.59. The molecule has 0 aromatic heterocycles. The Labute approximate surface area is 114 Å². The summed E-state index contributed by atoms with van der Waals surface area (Å²) < 4.78 is 4.78. The maximum absolute atomic E-state index is 11.8. The van der Waals surface area contributed by atoms with Gasteiger partial charge in [-0.2, -0.15) is 0 Å². The van der Waals surface area contributed by atoms with E-state index in [-0.39, 0.29) is 29.4 Å². The van der Waals surface area contributed by atoms with Gasteiger partial charge in [0.05, 0.1) is 5.02 Å². The van der Waals surface area contributed by atoms with E-state index >= 15 is 0 Å². The highest BCUT2D eigenvalue weighted by atomic mass is 35.5. The number of rotatable bonds is 6. The first-order valence-corrected chi connectivity index (χ1v) is 5.84. The number of aliphatic carboxylic acids is 1. The van der Waals surface area contributed by atoms with E-state index < -0.39 is 17.9 Å². The van der Waals surface area contributed by atoms with Crippen molar-refractivity contribution in [2.45, 2.75) is 12.5 Å². The highest BCUT2D eigenvalue weighted by molar-refractivity contribution is 6.32. The van der Waals surface area contributed by atoms with Crippen LogP contribution in [0, 0.1) is 0 Å². The molecule has 0 saturated heterocycles. The van der Waals surface area contributed by atoms with Gasteiger partial charge in [-0.1, -0.05) is 11.6 Å². The van der Waals surface area contributed by atoms with E-state index in [9.17, 15) is 14.7 Å². The maximum atomic E-state index is 11.8. The van der Waals surface area contributed by atoms with E-state index in [1.807, 2.05) is 0 Å². The van der Waals surface area contributed by atoms with Crippen molar-refractivity contribution in [2.75, 3.05) is 13.7 Å². The molecule has 0 aliphatic carbocycles. The lowest BCUT2D eigenvalue weighted by molar-refractivity contribution is -0.139. The predicted molar refractivity (Wildman–Crippen MR) is 68.5 cm³/mol. The monoisotopic (exact) mass is 287 g/mol. The summed E-state index contributed by atoms with van der Waals surface area (Å²) in [6.07, 6.45) is 0.156. The van der Waals surface area contributed by atoms with Gasteiger partial charge in [0.15, 0.2) is 0 Å². The van der Waals surface area contributed by atoms with E-state index in [1.54, 1.807) is 0 Å². The minimum atomic E-state index is -1.14. The maximum Gasteiger partial charge on any atom is 0.326 e. The number of hydrogen-bond acceptors (Lipinski definition) is 4. The second-order valence-electron chi connectivity index (χ2n) is 3.81. The van der Waals surface area contributed by atoms with Crippen LogP contribution in [0.1, 0.15) is 16.8 Å². The molecule has 0 saturated carbocycles. The number of carboxylic acid groups (broad SMARTS) is 1. The van der Waals surface area contributed by atoms with Gasteiger partial charge in [0.25, 0.3) is 5.91 Å². The lowest BCUT2D eigenvalue weighted by atomic mass is 10.1. The zero-order valence-electron chi connectivity index (χ0n) is 10.2. The lowest BCUT2D eigenvalue weighted by Gasteiger charge is -2.14. The molecule has 0 radical (unpaired) electrons. The molecule has 6 nitrogen and oxygen atoms in total. The number of ether oxygens (including phenoxy) is 1. The Morgan fingerprint density at radius 1 is 1.47 bits per heavy atom. The van der Waals surface area contributed by atoms with Crippen LogP contribution in [-0.4, -0.2) is 41.8 Å². The molecule has 0 aliphatic rings. The Morgan fingerprint density at radius 2 is 2.16 bits per heavy atom. The third-order valence-electron chi connectivity index (χ3n) is 2.42. The zero-order chi connectivity index (χ0) is 14.4. The van der Waals surface area contributed by atoms with E-state index in [4.69, 9.17) is 21.4 Å². The van der Waals surface area contributed by atoms with Gasteiger partial charge in [-0.25, -0.2) is 4.79 Å². The fraction of sp³-hybridized carbons (Fsp3) is 0.333. The van der Waals surface area contributed by atoms with Gasteiger partial charge in [-0.05, 0) is 18.2 Å². The van der Waals surface area contributed by atoms with Crippen molar-refractivity contribution in [3.63, 3.8) is 0 Å². The Balaban J connectivity index is 2.75. The van der Waals surface area contributed by atoms with Crippen molar-refractivity contribution in [2.24, 2.45) is 0 Å². The first-order chi connectivity index (χ1) is 8.95. The van der Waals surface area contributed by atoms with Crippen molar-refractivity contribution in [1.82, 2.24) is 5.32 Å². The summed E-state index contributed by atoms with van der Waals surface area (Å²) in [4.78, 5) is 22.8. The third-order valence-corrected chi connectivity index (χ3v) is 2.73. The number of carbonyl (C=O) groups excluding carboxylic acids is 1. The number of amides is 1. The van der Waals surface area contributed by atoms with Crippen LogP contribution in [0.3, 0.4) is 0 Å². The molecule has 3 N–H and O–H groups in total. The van der Waals surface area contributed by atoms with Gasteiger partial charge < -0.3 is 20.3 Å². The number of phenolic OH excluding ortho intramolecular Hbond substituents is 1. The van der Waals surface area contributed by atoms with Crippen molar-refractivity contribution >= 4 is 23.5 Å². The lowest BCUT2D eigenvalue weighted by Crippen LogP contribution is -2.41. The number of phenols is 1. The molecule has 0 heterocycles. The average molecular weight is 288 g/mol. The van der Waals surface area contributed by atoms with Gasteiger partial charge in [0.1, 0.15) is 11.8 Å². The van der Waals surface area contributed by atoms with Gasteiger partial charge in [0, 0.05) is 25.7 Å². The number of hydrogen-bond donors (Lipinski definition) is 3. The molecular formula is C12H14ClNO5. The minimum absolute atomic E-state index is 0.0245. The predicted octanol–water partition coefficient (Wildman–Crippen LogP) is 1.27. The van der Waals surface area contributed by atoms with Crippen molar-refractivity contribution in [3.05, 3.63) is 28.8 Å². The molecule has 1 amide bonds. The van der Waals surface area contributed by atoms with E-state index in [0.29, 0.717) is 0 Å². The van der Waals surface area contributed by atoms with Crippen LogP contribution >= 0.6 is 11.6 Å². The molecule has 0 spiro atoms. The summed E-state index contributed by atoms with van der Waals surface area (Å²) in [6, 6.07) is 2.84. The second kappa shape index (κ2) is 6.96. The van der Waals surface area contributed by atoms with Crippen LogP contribution in [0.4, 0.5) is 0 Å². The number of nitrogens with one attached hydrogen (secondary N) is 1. The summed E-state index contributed by atoms with van der Waals surface area (Å²) in [5, 5.41) is 20.6. The fourth-order valence-electron chi connectivity index (χ4n) is 1.38. The Morgan fingerprint density at radius 3 is 2.68 bits per heavy atom. The van der Waals surface area contributed by atoms with E-state index in [2.05, 4.69) is 5.32 Å². The standard InChI is InChI=1S/C12H14ClNO5/c1-19-5-4-9(12(17)18)14-11(16)7-2-3-10(15)8(13)6-7/h2-3,6,9,15H,4-5H2,1H3,(H,14,16)(H,17,18). The van der Waals surface area contributed by atoms with Crippen molar-refractivity contribution in [3.8, 4) is 5.75 Å². The molecule has 1 unspecified atom stereocenters. The SMILES string of the molecule is COCCC(NC(=O)c1ccc(O)c(Cl)c1)C(=O)O. The van der Waals surface area contributed by atoms with Crippen LogP contribution in [0.25, 0.3) is 0 Å². The van der Waals surface area contributed by atoms with Gasteiger partial charge in [0.2, 0.25) is 0 Å². The van der Waals surface area contributed by atoms with Crippen LogP contribution in [-0.2, 0) is 9.53 Å². The topological polar surface area (TPSA) is 95.9 Å². The average Bonchev–Trinajstić information content (AvgIpc) is 2.37. The summed E-state index contributed by atoms with van der Waals surface area (Å²) in [5.41, 5.74) is 0.173. The van der Waals surface area contributed by atoms with Crippen LogP contribution in [0.5, 0.6) is 5.75 Å². The molecule has 7 heteroatoms. The molecule has 0 fully saturated rings. The molecule has 1 atom stereocenters. The van der Waals surface area contributed by atoms with Crippen LogP contribution in [0.2, 0.25) is 5.02 Å². The normalized spacial score (nSPS) is 11.9. The smallest absolute Gasteiger partial charge is 0.326 e. The third kappa shape index (κ3) is 4.42. The van der Waals surface area contributed by atoms with Crippen molar-refractivity contribution in [1.29, 1.82) is 0 Å². The molecule has 1 aromatic rings. The first kappa shape index (κ1) is 15.3. The molecule has 0 bridgehead atoms. The summed E-state index contributed by atoms with van der Waals surface area (Å²) >= 11 is 5.67. The zero-order valence-corrected chi connectivity index (χ0v) is 11.0. The second-order valence-corrected chi connectivity index (χ2v) is 4.22. The fourth-order valence-corrected chi connectivity index (χ4v) is 1.56. The van der Waals surface area contributed by atoms with Crippen LogP contribution in [0.15, 0.2) is 18.2 Å².